The lowest BCUT2D eigenvalue weighted by Gasteiger charge is -2.29. The largest absolute Gasteiger partial charge is 0.493 e. The third kappa shape index (κ3) is 5.87. The molecule has 1 amide bonds. The number of rotatable bonds is 9. The molecular weight excluding hydrogens is 472 g/mol. The Balaban J connectivity index is 1.50. The van der Waals surface area contributed by atoms with Gasteiger partial charge in [-0.1, -0.05) is 12.1 Å². The van der Waals surface area contributed by atoms with Crippen LogP contribution in [0.1, 0.15) is 21.6 Å². The van der Waals surface area contributed by atoms with Crippen LogP contribution in [0.5, 0.6) is 11.5 Å². The smallest absolute Gasteiger partial charge is 0.286 e. The quantitative estimate of drug-likeness (QED) is 0.324. The van der Waals surface area contributed by atoms with Crippen molar-refractivity contribution in [2.45, 2.75) is 13.2 Å². The van der Waals surface area contributed by atoms with E-state index in [-0.39, 0.29) is 29.4 Å². The summed E-state index contributed by atoms with van der Waals surface area (Å²) < 4.78 is 16.4. The Kier molecular flexibility index (Phi) is 7.78. The van der Waals surface area contributed by atoms with Crippen LogP contribution in [-0.2, 0) is 17.9 Å². The Morgan fingerprint density at radius 1 is 1.23 bits per heavy atom. The first-order valence-electron chi connectivity index (χ1n) is 11.0. The predicted molar refractivity (Wildman–Crippen MR) is 131 cm³/mol. The van der Waals surface area contributed by atoms with Crippen molar-refractivity contribution in [2.75, 3.05) is 45.4 Å². The molecule has 1 aliphatic heterocycles. The third-order valence-corrected chi connectivity index (χ3v) is 6.28. The number of hydrogen-bond donors (Lipinski definition) is 0. The van der Waals surface area contributed by atoms with Crippen molar-refractivity contribution in [2.24, 2.45) is 0 Å². The van der Waals surface area contributed by atoms with Gasteiger partial charge < -0.3 is 24.0 Å². The van der Waals surface area contributed by atoms with Crippen molar-refractivity contribution in [3.63, 3.8) is 0 Å². The molecule has 1 saturated heterocycles. The number of nitro benzene ring substituents is 1. The van der Waals surface area contributed by atoms with Crippen molar-refractivity contribution in [3.8, 4) is 11.5 Å². The predicted octanol–water partition coefficient (Wildman–Crippen LogP) is 3.75. The highest BCUT2D eigenvalue weighted by molar-refractivity contribution is 7.07. The van der Waals surface area contributed by atoms with E-state index in [4.69, 9.17) is 14.2 Å². The fourth-order valence-electron chi connectivity index (χ4n) is 3.79. The molecule has 184 valence electrons. The molecular formula is C24H26N4O6S. The summed E-state index contributed by atoms with van der Waals surface area (Å²) in [5.74, 6) is -0.0825. The number of hydrogen-bond acceptors (Lipinski definition) is 9. The molecule has 0 aliphatic carbocycles. The highest BCUT2D eigenvalue weighted by atomic mass is 32.1. The first-order valence-corrected chi connectivity index (χ1v) is 11.9. The molecule has 11 heteroatoms. The van der Waals surface area contributed by atoms with E-state index in [0.717, 1.165) is 24.3 Å². The van der Waals surface area contributed by atoms with Gasteiger partial charge in [-0.2, -0.15) is 0 Å². The Hall–Kier alpha value is -3.70. The van der Waals surface area contributed by atoms with Crippen molar-refractivity contribution >= 4 is 28.6 Å². The van der Waals surface area contributed by atoms with E-state index < -0.39 is 10.8 Å². The summed E-state index contributed by atoms with van der Waals surface area (Å²) in [6, 6.07) is 10.5. The lowest BCUT2D eigenvalue weighted by molar-refractivity contribution is -0.385. The van der Waals surface area contributed by atoms with Gasteiger partial charge >= 0.3 is 0 Å². The van der Waals surface area contributed by atoms with Gasteiger partial charge in [0.05, 0.1) is 42.5 Å². The molecule has 2 heterocycles. The summed E-state index contributed by atoms with van der Waals surface area (Å²) in [6.07, 6.45) is 0. The van der Waals surface area contributed by atoms with Crippen LogP contribution in [0.3, 0.4) is 0 Å². The average Bonchev–Trinajstić information content (AvgIpc) is 3.41. The molecule has 2 aromatic carbocycles. The first-order chi connectivity index (χ1) is 17.0. The van der Waals surface area contributed by atoms with Gasteiger partial charge in [0.25, 0.3) is 11.6 Å². The molecule has 0 atom stereocenters. The topological polar surface area (TPSA) is 107 Å². The third-order valence-electron chi connectivity index (χ3n) is 5.65. The van der Waals surface area contributed by atoms with Gasteiger partial charge in [0, 0.05) is 43.8 Å². The van der Waals surface area contributed by atoms with E-state index in [2.05, 4.69) is 9.88 Å². The molecule has 0 saturated carbocycles. The van der Waals surface area contributed by atoms with Crippen molar-refractivity contribution in [1.29, 1.82) is 0 Å². The van der Waals surface area contributed by atoms with Gasteiger partial charge in [0.2, 0.25) is 0 Å². The molecule has 10 nitrogen and oxygen atoms in total. The molecule has 4 rings (SSSR count). The summed E-state index contributed by atoms with van der Waals surface area (Å²) in [4.78, 5) is 32.2. The van der Waals surface area contributed by atoms with Gasteiger partial charge in [-0.15, -0.1) is 11.3 Å². The van der Waals surface area contributed by atoms with E-state index in [1.54, 1.807) is 12.6 Å². The van der Waals surface area contributed by atoms with Gasteiger partial charge in [-0.05, 0) is 17.7 Å². The van der Waals surface area contributed by atoms with Crippen LogP contribution >= 0.6 is 11.3 Å². The normalized spacial score (nSPS) is 13.4. The second-order valence-corrected chi connectivity index (χ2v) is 8.69. The number of benzene rings is 2. The number of morpholine rings is 1. The van der Waals surface area contributed by atoms with Crippen LogP contribution in [0.4, 0.5) is 11.4 Å². The molecule has 0 spiro atoms. The highest BCUT2D eigenvalue weighted by Crippen LogP contribution is 2.36. The van der Waals surface area contributed by atoms with Crippen molar-refractivity contribution < 1.29 is 23.9 Å². The van der Waals surface area contributed by atoms with E-state index >= 15 is 0 Å². The van der Waals surface area contributed by atoms with Gasteiger partial charge in [-0.25, -0.2) is 4.98 Å². The van der Waals surface area contributed by atoms with Gasteiger partial charge in [0.15, 0.2) is 11.5 Å². The zero-order valence-corrected chi connectivity index (χ0v) is 20.3. The van der Waals surface area contributed by atoms with Crippen LogP contribution < -0.4 is 14.4 Å². The number of methoxy groups -OCH3 is 1. The minimum atomic E-state index is -0.590. The van der Waals surface area contributed by atoms with E-state index in [9.17, 15) is 14.9 Å². The number of carbonyl (C=O) groups excluding carboxylic acids is 1. The fourth-order valence-corrected chi connectivity index (χ4v) is 4.33. The van der Waals surface area contributed by atoms with Crippen LogP contribution in [0.25, 0.3) is 0 Å². The van der Waals surface area contributed by atoms with Crippen LogP contribution in [-0.4, -0.2) is 61.2 Å². The number of carbonyl (C=O) groups is 1. The minimum absolute atomic E-state index is 0.0692. The Labute approximate surface area is 206 Å². The summed E-state index contributed by atoms with van der Waals surface area (Å²) in [5, 5.41) is 13.6. The lowest BCUT2D eigenvalue weighted by Crippen LogP contribution is -2.36. The second-order valence-electron chi connectivity index (χ2n) is 7.97. The molecule has 0 bridgehead atoms. The zero-order chi connectivity index (χ0) is 24.8. The molecule has 3 aromatic rings. The Morgan fingerprint density at radius 2 is 1.97 bits per heavy atom. The van der Waals surface area contributed by atoms with E-state index in [1.165, 1.54) is 35.5 Å². The first kappa shape index (κ1) is 24.4. The summed E-state index contributed by atoms with van der Waals surface area (Å²) >= 11 is 1.42. The maximum absolute atomic E-state index is 13.2. The van der Waals surface area contributed by atoms with Crippen molar-refractivity contribution in [3.05, 3.63) is 74.2 Å². The zero-order valence-electron chi connectivity index (χ0n) is 19.5. The molecule has 1 fully saturated rings. The number of aromatic nitrogens is 1. The van der Waals surface area contributed by atoms with Crippen LogP contribution in [0.15, 0.2) is 47.3 Å². The average molecular weight is 499 g/mol. The van der Waals surface area contributed by atoms with Gasteiger partial charge in [0.1, 0.15) is 12.2 Å². The highest BCUT2D eigenvalue weighted by Gasteiger charge is 2.27. The number of anilines is 1. The number of nitro groups is 1. The molecule has 1 aromatic heterocycles. The van der Waals surface area contributed by atoms with Crippen LogP contribution in [0, 0.1) is 10.1 Å². The molecule has 0 unspecified atom stereocenters. The maximum atomic E-state index is 13.2. The molecule has 35 heavy (non-hydrogen) atoms. The second kappa shape index (κ2) is 11.2. The van der Waals surface area contributed by atoms with E-state index in [1.807, 2.05) is 29.6 Å². The summed E-state index contributed by atoms with van der Waals surface area (Å²) in [7, 11) is 3.03. The molecule has 1 aliphatic rings. The monoisotopic (exact) mass is 498 g/mol. The maximum Gasteiger partial charge on any atom is 0.286 e. The minimum Gasteiger partial charge on any atom is -0.493 e. The SMILES string of the molecule is COc1cc(C(=O)N(C)Cc2ccc(N3CCOCC3)cc2)c([N+](=O)[O-])cc1OCc1cscn1. The number of ether oxygens (including phenoxy) is 3. The van der Waals surface area contributed by atoms with Crippen LogP contribution in [0.2, 0.25) is 0 Å². The number of amides is 1. The summed E-state index contributed by atoms with van der Waals surface area (Å²) in [5.41, 5.74) is 3.96. The molecule has 0 N–H and O–H groups in total. The van der Waals surface area contributed by atoms with Gasteiger partial charge in [-0.3, -0.25) is 14.9 Å². The molecule has 0 radical (unpaired) electrons. The summed E-state index contributed by atoms with van der Waals surface area (Å²) in [6.45, 7) is 3.51. The Morgan fingerprint density at radius 3 is 2.60 bits per heavy atom. The number of nitrogens with zero attached hydrogens (tertiary/aromatic N) is 4. The van der Waals surface area contributed by atoms with Crippen molar-refractivity contribution in [1.82, 2.24) is 9.88 Å². The number of thiazole rings is 1. The van der Waals surface area contributed by atoms with E-state index in [0.29, 0.717) is 25.5 Å². The Bertz CT molecular complexity index is 1160. The standard InChI is InChI=1S/C24H26N4O6S/c1-26(13-17-3-5-19(6-4-17)27-7-9-33-10-8-27)24(29)20-11-22(32-2)23(12-21(20)28(30)31)34-14-18-15-35-16-25-18/h3-6,11-12,15-16H,7-10,13-14H2,1-2H3. The fraction of sp³-hybridized carbons (Fsp3) is 0.333. The lowest BCUT2D eigenvalue weighted by atomic mass is 10.1.